The summed E-state index contributed by atoms with van der Waals surface area (Å²) in [7, 11) is 0. The zero-order chi connectivity index (χ0) is 23.0. The van der Waals surface area contributed by atoms with Gasteiger partial charge >= 0.3 is 5.69 Å². The third-order valence-electron chi connectivity index (χ3n) is 6.00. The Bertz CT molecular complexity index is 1200. The van der Waals surface area contributed by atoms with E-state index in [-0.39, 0.29) is 5.69 Å². The molecule has 2 aromatic carbocycles. The second-order valence-corrected chi connectivity index (χ2v) is 8.47. The third kappa shape index (κ3) is 5.30. The average Bonchev–Trinajstić information content (AvgIpc) is 3.48. The summed E-state index contributed by atoms with van der Waals surface area (Å²) in [6.07, 6.45) is 8.75. The summed E-state index contributed by atoms with van der Waals surface area (Å²) in [6.45, 7) is 5.68. The second-order valence-electron chi connectivity index (χ2n) is 8.47. The van der Waals surface area contributed by atoms with E-state index >= 15 is 0 Å². The van der Waals surface area contributed by atoms with Crippen LogP contribution in [0.2, 0.25) is 0 Å². The molecule has 7 nitrogen and oxygen atoms in total. The molecule has 0 fully saturated rings. The van der Waals surface area contributed by atoms with Gasteiger partial charge in [-0.1, -0.05) is 81.6 Å². The molecule has 0 aliphatic carbocycles. The van der Waals surface area contributed by atoms with Crippen molar-refractivity contribution in [3.63, 3.8) is 0 Å². The number of tetrazole rings is 1. The fraction of sp³-hybridized carbons (Fsp3) is 0.385. The number of unbranched alkanes of at least 4 members (excludes halogenated alkanes) is 3. The van der Waals surface area contributed by atoms with Crippen LogP contribution in [0.25, 0.3) is 22.5 Å². The smallest absolute Gasteiger partial charge is 0.299 e. The molecule has 0 unspecified atom stereocenters. The van der Waals surface area contributed by atoms with Crippen LogP contribution in [0.1, 0.15) is 57.2 Å². The highest BCUT2D eigenvalue weighted by atomic mass is 16.1. The monoisotopic (exact) mass is 444 g/mol. The maximum Gasteiger partial charge on any atom is 0.328 e. The molecular formula is C26H32N6O. The molecule has 33 heavy (non-hydrogen) atoms. The Morgan fingerprint density at radius 1 is 0.909 bits per heavy atom. The molecule has 2 heterocycles. The average molecular weight is 445 g/mol. The summed E-state index contributed by atoms with van der Waals surface area (Å²) in [5, 5.41) is 14.5. The van der Waals surface area contributed by atoms with Gasteiger partial charge in [-0.2, -0.15) is 5.21 Å². The number of nitrogens with one attached hydrogen (secondary N) is 1. The molecule has 0 spiro atoms. The molecule has 0 aliphatic heterocycles. The molecule has 0 saturated heterocycles. The Morgan fingerprint density at radius 2 is 1.70 bits per heavy atom. The van der Waals surface area contributed by atoms with Crippen LogP contribution in [-0.2, 0) is 19.5 Å². The molecule has 0 amide bonds. The van der Waals surface area contributed by atoms with Crippen LogP contribution in [0, 0.1) is 0 Å². The van der Waals surface area contributed by atoms with Crippen molar-refractivity contribution in [1.29, 1.82) is 0 Å². The SMILES string of the molecule is CCCCCCc1cn(CCC)c(=O)n1Cc1ccc(-c2ccccc2-c2nn[nH]n2)cc1. The number of aromatic amines is 1. The normalized spacial score (nSPS) is 11.2. The number of imidazole rings is 1. The zero-order valence-electron chi connectivity index (χ0n) is 19.5. The molecule has 0 saturated carbocycles. The summed E-state index contributed by atoms with van der Waals surface area (Å²) in [6, 6.07) is 16.4. The Balaban J connectivity index is 1.57. The van der Waals surface area contributed by atoms with Gasteiger partial charge in [0.15, 0.2) is 0 Å². The van der Waals surface area contributed by atoms with E-state index in [4.69, 9.17) is 0 Å². The van der Waals surface area contributed by atoms with E-state index in [0.29, 0.717) is 12.4 Å². The molecule has 7 heteroatoms. The van der Waals surface area contributed by atoms with Crippen LogP contribution in [0.15, 0.2) is 59.5 Å². The topological polar surface area (TPSA) is 81.4 Å². The minimum atomic E-state index is 0.0915. The molecule has 1 N–H and O–H groups in total. The number of aryl methyl sites for hydroxylation is 2. The molecular weight excluding hydrogens is 412 g/mol. The molecule has 0 bridgehead atoms. The van der Waals surface area contributed by atoms with Gasteiger partial charge in [-0.15, -0.1) is 10.2 Å². The molecule has 172 valence electrons. The summed E-state index contributed by atoms with van der Waals surface area (Å²) in [4.78, 5) is 13.0. The van der Waals surface area contributed by atoms with E-state index in [9.17, 15) is 4.79 Å². The predicted molar refractivity (Wildman–Crippen MR) is 131 cm³/mol. The minimum Gasteiger partial charge on any atom is -0.299 e. The first-order valence-electron chi connectivity index (χ1n) is 11.9. The lowest BCUT2D eigenvalue weighted by Crippen LogP contribution is -2.25. The van der Waals surface area contributed by atoms with Gasteiger partial charge in [0.1, 0.15) is 0 Å². The van der Waals surface area contributed by atoms with Crippen molar-refractivity contribution in [2.45, 2.75) is 65.5 Å². The summed E-state index contributed by atoms with van der Waals surface area (Å²) >= 11 is 0. The summed E-state index contributed by atoms with van der Waals surface area (Å²) in [5.74, 6) is 0.575. The molecule has 4 rings (SSSR count). The molecule has 0 atom stereocenters. The maximum atomic E-state index is 13.0. The lowest BCUT2D eigenvalue weighted by Gasteiger charge is -2.10. The predicted octanol–water partition coefficient (Wildman–Crippen LogP) is 5.08. The number of hydrogen-bond acceptors (Lipinski definition) is 4. The van der Waals surface area contributed by atoms with Crippen molar-refractivity contribution < 1.29 is 0 Å². The van der Waals surface area contributed by atoms with E-state index in [2.05, 4.69) is 71.0 Å². The molecule has 0 radical (unpaired) electrons. The standard InChI is InChI=1S/C26H32N6O/c1-3-5-6-7-10-22-19-31(17-4-2)26(33)32(22)18-20-13-15-21(16-14-20)23-11-8-9-12-24(23)25-27-29-30-28-25/h8-9,11-16,19H,3-7,10,17-18H2,1-2H3,(H,27,28,29,30). The lowest BCUT2D eigenvalue weighted by molar-refractivity contribution is 0.611. The van der Waals surface area contributed by atoms with E-state index in [1.165, 1.54) is 19.3 Å². The van der Waals surface area contributed by atoms with Crippen molar-refractivity contribution in [3.8, 4) is 22.5 Å². The highest BCUT2D eigenvalue weighted by Gasteiger charge is 2.13. The third-order valence-corrected chi connectivity index (χ3v) is 6.00. The van der Waals surface area contributed by atoms with Gasteiger partial charge in [0.25, 0.3) is 0 Å². The van der Waals surface area contributed by atoms with Crippen LogP contribution in [-0.4, -0.2) is 29.8 Å². The van der Waals surface area contributed by atoms with E-state index in [0.717, 1.165) is 53.8 Å². The van der Waals surface area contributed by atoms with Gasteiger partial charge in [-0.3, -0.25) is 9.13 Å². The zero-order valence-corrected chi connectivity index (χ0v) is 19.5. The van der Waals surface area contributed by atoms with Crippen molar-refractivity contribution in [1.82, 2.24) is 29.8 Å². The fourth-order valence-corrected chi connectivity index (χ4v) is 4.26. The highest BCUT2D eigenvalue weighted by molar-refractivity contribution is 5.80. The molecule has 2 aromatic heterocycles. The summed E-state index contributed by atoms with van der Waals surface area (Å²) in [5.41, 5.74) is 5.40. The second kappa shape index (κ2) is 10.9. The Morgan fingerprint density at radius 3 is 2.39 bits per heavy atom. The van der Waals surface area contributed by atoms with Gasteiger partial charge in [0.2, 0.25) is 5.82 Å². The van der Waals surface area contributed by atoms with Crippen molar-refractivity contribution >= 4 is 0 Å². The Kier molecular flexibility index (Phi) is 7.50. The molecule has 0 aliphatic rings. The van der Waals surface area contributed by atoms with Gasteiger partial charge < -0.3 is 0 Å². The van der Waals surface area contributed by atoms with Gasteiger partial charge in [0, 0.05) is 24.0 Å². The number of rotatable bonds is 11. The first-order valence-corrected chi connectivity index (χ1v) is 11.9. The first kappa shape index (κ1) is 22.7. The van der Waals surface area contributed by atoms with Crippen LogP contribution in [0.5, 0.6) is 0 Å². The van der Waals surface area contributed by atoms with E-state index in [1.54, 1.807) is 0 Å². The van der Waals surface area contributed by atoms with Crippen LogP contribution >= 0.6 is 0 Å². The Hall–Kier alpha value is -3.48. The number of H-pyrrole nitrogens is 1. The van der Waals surface area contributed by atoms with Crippen molar-refractivity contribution in [2.75, 3.05) is 0 Å². The van der Waals surface area contributed by atoms with Gasteiger partial charge in [-0.25, -0.2) is 4.79 Å². The number of benzene rings is 2. The lowest BCUT2D eigenvalue weighted by atomic mass is 9.98. The van der Waals surface area contributed by atoms with Crippen molar-refractivity contribution in [3.05, 3.63) is 76.5 Å². The largest absolute Gasteiger partial charge is 0.328 e. The number of hydrogen-bond donors (Lipinski definition) is 1. The van der Waals surface area contributed by atoms with E-state index in [1.807, 2.05) is 27.3 Å². The molecule has 4 aromatic rings. The van der Waals surface area contributed by atoms with Crippen molar-refractivity contribution in [2.24, 2.45) is 0 Å². The Labute approximate surface area is 194 Å². The quantitative estimate of drug-likeness (QED) is 0.327. The first-order chi connectivity index (χ1) is 16.2. The van der Waals surface area contributed by atoms with Crippen LogP contribution in [0.4, 0.5) is 0 Å². The van der Waals surface area contributed by atoms with E-state index < -0.39 is 0 Å². The summed E-state index contributed by atoms with van der Waals surface area (Å²) < 4.78 is 3.81. The number of aromatic nitrogens is 6. The minimum absolute atomic E-state index is 0.0915. The van der Waals surface area contributed by atoms with Crippen LogP contribution in [0.3, 0.4) is 0 Å². The number of nitrogens with zero attached hydrogens (tertiary/aromatic N) is 5. The maximum absolute atomic E-state index is 13.0. The van der Waals surface area contributed by atoms with Gasteiger partial charge in [0.05, 0.1) is 6.54 Å². The fourth-order valence-electron chi connectivity index (χ4n) is 4.26. The van der Waals surface area contributed by atoms with Gasteiger partial charge in [-0.05, 0) is 41.2 Å². The highest BCUT2D eigenvalue weighted by Crippen LogP contribution is 2.29. The van der Waals surface area contributed by atoms with Crippen LogP contribution < -0.4 is 5.69 Å².